The van der Waals surface area contributed by atoms with Gasteiger partial charge in [0.2, 0.25) is 11.8 Å². The van der Waals surface area contributed by atoms with Gasteiger partial charge in [0.15, 0.2) is 11.6 Å². The maximum Gasteiger partial charge on any atom is 0.491 e. The summed E-state index contributed by atoms with van der Waals surface area (Å²) in [7, 11) is 0. The summed E-state index contributed by atoms with van der Waals surface area (Å²) in [5.41, 5.74) is 3.77. The third kappa shape index (κ3) is 11.7. The fourth-order valence-electron chi connectivity index (χ4n) is 9.71. The number of esters is 1. The van der Waals surface area contributed by atoms with E-state index in [1.54, 1.807) is 18.2 Å². The number of amides is 3. The van der Waals surface area contributed by atoms with Gasteiger partial charge in [-0.1, -0.05) is 18.2 Å². The van der Waals surface area contributed by atoms with Crippen molar-refractivity contribution in [2.24, 2.45) is 0 Å². The molecule has 5 aromatic rings. The Morgan fingerprint density at radius 1 is 0.786 bits per heavy atom. The number of carbonyl (C=O) groups is 4. The van der Waals surface area contributed by atoms with Gasteiger partial charge in [-0.3, -0.25) is 29.7 Å². The van der Waals surface area contributed by atoms with Crippen molar-refractivity contribution in [3.63, 3.8) is 0 Å². The molecule has 0 radical (unpaired) electrons. The van der Waals surface area contributed by atoms with Gasteiger partial charge in [0.05, 0.1) is 22.5 Å². The number of carbonyl (C=O) groups excluding carboxylic acids is 4. The summed E-state index contributed by atoms with van der Waals surface area (Å²) in [5, 5.41) is 19.3. The van der Waals surface area contributed by atoms with Crippen molar-refractivity contribution in [3.05, 3.63) is 107 Å². The van der Waals surface area contributed by atoms with E-state index in [-0.39, 0.29) is 47.0 Å². The Kier molecular flexibility index (Phi) is 14.6. The van der Waals surface area contributed by atoms with Crippen molar-refractivity contribution in [1.29, 1.82) is 0 Å². The van der Waals surface area contributed by atoms with E-state index in [4.69, 9.17) is 9.47 Å². The molecule has 0 bridgehead atoms. The number of rotatable bonds is 14. The fourth-order valence-corrected chi connectivity index (χ4v) is 9.71. The molecule has 0 saturated carbocycles. The number of likely N-dealkylation sites (tertiary alicyclic amines) is 1. The number of benzene rings is 4. The highest BCUT2D eigenvalue weighted by atomic mass is 19.4. The van der Waals surface area contributed by atoms with Crippen molar-refractivity contribution in [2.75, 3.05) is 86.4 Å². The second-order valence-corrected chi connectivity index (χ2v) is 18.3. The first-order chi connectivity index (χ1) is 33.7. The van der Waals surface area contributed by atoms with Crippen LogP contribution in [0.3, 0.4) is 0 Å². The first-order valence-electron chi connectivity index (χ1n) is 23.7. The Hall–Kier alpha value is -6.64. The minimum atomic E-state index is -5.33. The van der Waals surface area contributed by atoms with E-state index in [9.17, 15) is 41.1 Å². The van der Waals surface area contributed by atoms with E-state index in [1.165, 1.54) is 29.8 Å². The molecule has 15 nitrogen and oxygen atoms in total. The highest BCUT2D eigenvalue weighted by molar-refractivity contribution is 6.12. The molecule has 1 unspecified atom stereocenters. The van der Waals surface area contributed by atoms with Gasteiger partial charge in [-0.25, -0.2) is 13.6 Å². The average Bonchev–Trinajstić information content (AvgIpc) is 3.73. The van der Waals surface area contributed by atoms with Gasteiger partial charge >= 0.3 is 12.1 Å². The van der Waals surface area contributed by atoms with Crippen LogP contribution in [0.5, 0.6) is 5.75 Å². The highest BCUT2D eigenvalue weighted by Crippen LogP contribution is 2.42. The predicted octanol–water partition coefficient (Wildman–Crippen LogP) is 6.96. The molecule has 70 heavy (non-hydrogen) atoms. The number of nitrogens with one attached hydrogen (secondary N) is 5. The molecule has 370 valence electrons. The minimum Gasteiger partial charge on any atom is -0.415 e. The van der Waals surface area contributed by atoms with Gasteiger partial charge in [-0.15, -0.1) is 0 Å². The lowest BCUT2D eigenvalue weighted by Gasteiger charge is -2.39. The molecule has 5 N–H and O–H groups in total. The van der Waals surface area contributed by atoms with E-state index in [2.05, 4.69) is 53.4 Å². The maximum absolute atomic E-state index is 14.3. The first-order valence-corrected chi connectivity index (χ1v) is 23.7. The topological polar surface area (TPSA) is 173 Å². The molecular weight excluding hydrogens is 918 g/mol. The summed E-state index contributed by atoms with van der Waals surface area (Å²) in [5.74, 6) is -5.04. The second-order valence-electron chi connectivity index (χ2n) is 18.3. The highest BCUT2D eigenvalue weighted by Gasteiger charge is 2.43. The van der Waals surface area contributed by atoms with E-state index in [0.717, 1.165) is 50.8 Å². The van der Waals surface area contributed by atoms with Crippen LogP contribution in [0, 0.1) is 11.6 Å². The fraction of sp³-hybridized carbons (Fsp3) is 0.420. The zero-order chi connectivity index (χ0) is 48.9. The number of halogens is 5. The average molecular weight is 972 g/mol. The molecule has 5 heterocycles. The number of piperidine rings is 2. The molecule has 4 aromatic carbocycles. The number of imide groups is 1. The number of anilines is 4. The number of aromatic amines is 1. The molecule has 4 fully saturated rings. The zero-order valence-electron chi connectivity index (χ0n) is 38.3. The second kappa shape index (κ2) is 21.2. The van der Waals surface area contributed by atoms with Gasteiger partial charge in [0, 0.05) is 82.1 Å². The maximum atomic E-state index is 14.3. The van der Waals surface area contributed by atoms with Crippen LogP contribution in [0.15, 0.2) is 72.8 Å². The molecule has 4 aliphatic heterocycles. The normalized spacial score (nSPS) is 19.0. The number of aromatic nitrogens is 2. The van der Waals surface area contributed by atoms with Gasteiger partial charge in [0.1, 0.15) is 17.7 Å². The summed E-state index contributed by atoms with van der Waals surface area (Å²) in [6, 6.07) is 18.8. The van der Waals surface area contributed by atoms with Crippen LogP contribution in [-0.4, -0.2) is 128 Å². The summed E-state index contributed by atoms with van der Waals surface area (Å²) < 4.78 is 80.7. The van der Waals surface area contributed by atoms with Crippen molar-refractivity contribution in [2.45, 2.75) is 69.1 Å². The Balaban J connectivity index is 0.863. The van der Waals surface area contributed by atoms with Gasteiger partial charge < -0.3 is 35.2 Å². The van der Waals surface area contributed by atoms with E-state index < -0.39 is 41.5 Å². The van der Waals surface area contributed by atoms with Crippen molar-refractivity contribution < 1.29 is 50.6 Å². The number of hydrogen-bond donors (Lipinski definition) is 5. The van der Waals surface area contributed by atoms with Gasteiger partial charge in [0.25, 0.3) is 5.91 Å². The number of hydrogen-bond acceptors (Lipinski definition) is 12. The Labute approximate surface area is 400 Å². The van der Waals surface area contributed by atoms with Crippen molar-refractivity contribution >= 4 is 57.5 Å². The van der Waals surface area contributed by atoms with Crippen LogP contribution in [0.4, 0.5) is 44.8 Å². The minimum absolute atomic E-state index is 0.0705. The smallest absolute Gasteiger partial charge is 0.415 e. The largest absolute Gasteiger partial charge is 0.491 e. The monoisotopic (exact) mass is 971 g/mol. The third-order valence-corrected chi connectivity index (χ3v) is 13.6. The summed E-state index contributed by atoms with van der Waals surface area (Å²) in [4.78, 5) is 57.3. The quantitative estimate of drug-likeness (QED) is 0.0336. The third-order valence-electron chi connectivity index (χ3n) is 13.6. The van der Waals surface area contributed by atoms with Crippen LogP contribution in [0.25, 0.3) is 10.9 Å². The lowest BCUT2D eigenvalue weighted by molar-refractivity contribution is -0.189. The molecule has 20 heteroatoms. The number of piperazine rings is 1. The van der Waals surface area contributed by atoms with Crippen LogP contribution < -0.4 is 30.9 Å². The van der Waals surface area contributed by atoms with Crippen LogP contribution in [-0.2, 0) is 25.5 Å². The Morgan fingerprint density at radius 3 is 2.17 bits per heavy atom. The predicted molar refractivity (Wildman–Crippen MR) is 252 cm³/mol. The standard InChI is InChI=1S/C50H54F5N9O6/c51-34-26-31(27-35(52)29-34)25-30-1-7-40-39(28-30)46(61-60-40)59-47(66)38-6-9-42(45(70-49(68)50(53,54)55)44(38)57-37-13-23-69-24-14-37)64-21-19-63(20-22-64)18-17-62-15-11-33(12-16-62)32-2-4-36(5-3-32)56-41-8-10-43(65)58-48(41)67/h1-7,9,26-29,33,37,41,56-57H,8,10-25H2,(H,58,65,67)(H2,59,60,61,66). The molecule has 1 atom stereocenters. The summed E-state index contributed by atoms with van der Waals surface area (Å²) in [6.45, 7) is 6.26. The van der Waals surface area contributed by atoms with Crippen molar-refractivity contribution in [1.82, 2.24) is 25.3 Å². The molecule has 0 aliphatic carbocycles. The molecule has 3 amide bonds. The van der Waals surface area contributed by atoms with Crippen LogP contribution >= 0.6 is 0 Å². The summed E-state index contributed by atoms with van der Waals surface area (Å²) in [6.07, 6.45) is -1.43. The molecule has 1 aromatic heterocycles. The zero-order valence-corrected chi connectivity index (χ0v) is 38.3. The number of nitrogens with zero attached hydrogens (tertiary/aromatic N) is 4. The van der Waals surface area contributed by atoms with Crippen molar-refractivity contribution in [3.8, 4) is 5.75 Å². The lowest BCUT2D eigenvalue weighted by Crippen LogP contribution is -2.49. The number of fused-ring (bicyclic) bond motifs is 1. The SMILES string of the molecule is O=C1CCC(Nc2ccc(C3CCN(CCN4CCN(c5ccc(C(=O)Nc6n[nH]c7ccc(Cc8cc(F)cc(F)c8)cc67)c(NC6CCOCC6)c5OC(=O)C(F)(F)F)CC4)CC3)cc2)C(=O)N1. The summed E-state index contributed by atoms with van der Waals surface area (Å²) >= 11 is 0. The van der Waals surface area contributed by atoms with E-state index in [1.807, 2.05) is 17.0 Å². The number of H-pyrrole nitrogens is 1. The lowest BCUT2D eigenvalue weighted by atomic mass is 9.89. The Morgan fingerprint density at radius 2 is 1.49 bits per heavy atom. The van der Waals surface area contributed by atoms with E-state index in [0.29, 0.717) is 93.0 Å². The first kappa shape index (κ1) is 48.4. The van der Waals surface area contributed by atoms with Gasteiger partial charge in [-0.2, -0.15) is 18.3 Å². The van der Waals surface area contributed by atoms with E-state index >= 15 is 0 Å². The van der Waals surface area contributed by atoms with Crippen LogP contribution in [0.2, 0.25) is 0 Å². The number of ether oxygens (including phenoxy) is 2. The molecular formula is C50H54F5N9O6. The van der Waals surface area contributed by atoms with Gasteiger partial charge in [-0.05, 0) is 123 Å². The van der Waals surface area contributed by atoms with Crippen LogP contribution in [0.1, 0.15) is 71.5 Å². The molecule has 4 saturated heterocycles. The molecule has 4 aliphatic rings. The Bertz CT molecular complexity index is 2690. The number of alkyl halides is 3. The molecule has 9 rings (SSSR count). The molecule has 0 spiro atoms.